The number of nitrogens with one attached hydrogen (secondary N) is 1. The van der Waals surface area contributed by atoms with E-state index in [2.05, 4.69) is 5.32 Å². The molecule has 1 aliphatic heterocycles. The van der Waals surface area contributed by atoms with Crippen LogP contribution >= 0.6 is 0 Å². The van der Waals surface area contributed by atoms with Gasteiger partial charge in [0.2, 0.25) is 6.79 Å². The number of carbonyl (C=O) groups is 1. The minimum absolute atomic E-state index is 0.0323. The van der Waals surface area contributed by atoms with Gasteiger partial charge in [-0.25, -0.2) is 8.42 Å². The molecule has 0 bridgehead atoms. The summed E-state index contributed by atoms with van der Waals surface area (Å²) in [5.41, 5.74) is 2.25. The number of amides is 1. The molecule has 0 aliphatic carbocycles. The van der Waals surface area contributed by atoms with Gasteiger partial charge < -0.3 is 14.8 Å². The zero-order valence-corrected chi connectivity index (χ0v) is 17.3. The molecule has 0 unspecified atom stereocenters. The van der Waals surface area contributed by atoms with Crippen molar-refractivity contribution < 1.29 is 22.7 Å². The molecule has 0 fully saturated rings. The van der Waals surface area contributed by atoms with E-state index < -0.39 is 15.9 Å². The fourth-order valence-electron chi connectivity index (χ4n) is 3.10. The van der Waals surface area contributed by atoms with Crippen LogP contribution in [0.3, 0.4) is 0 Å². The summed E-state index contributed by atoms with van der Waals surface area (Å²) in [6.07, 6.45) is 0. The number of carbonyl (C=O) groups excluding carboxylic acids is 1. The predicted octanol–water partition coefficient (Wildman–Crippen LogP) is 3.80. The Balaban J connectivity index is 1.58. The van der Waals surface area contributed by atoms with Crippen molar-refractivity contribution in [3.63, 3.8) is 0 Å². The van der Waals surface area contributed by atoms with Gasteiger partial charge in [0.15, 0.2) is 11.5 Å². The average molecular weight is 424 g/mol. The molecule has 1 amide bonds. The SMILES string of the molecule is Cc1cccc(N(C)S(=O)(=O)c2cccc(C(=O)Nc3ccc4c(c3)OCO4)c2)c1. The van der Waals surface area contributed by atoms with Gasteiger partial charge in [0, 0.05) is 24.4 Å². The summed E-state index contributed by atoms with van der Waals surface area (Å²) in [6.45, 7) is 2.03. The molecule has 4 rings (SSSR count). The van der Waals surface area contributed by atoms with Crippen molar-refractivity contribution in [2.24, 2.45) is 0 Å². The number of benzene rings is 3. The van der Waals surface area contributed by atoms with Crippen LogP contribution in [0.1, 0.15) is 15.9 Å². The maximum Gasteiger partial charge on any atom is 0.264 e. The summed E-state index contributed by atoms with van der Waals surface area (Å²) < 4.78 is 37.9. The molecule has 7 nitrogen and oxygen atoms in total. The van der Waals surface area contributed by atoms with Crippen LogP contribution in [0, 0.1) is 6.92 Å². The summed E-state index contributed by atoms with van der Waals surface area (Å²) in [5, 5.41) is 2.75. The highest BCUT2D eigenvalue weighted by atomic mass is 32.2. The quantitative estimate of drug-likeness (QED) is 0.673. The molecule has 0 aromatic heterocycles. The van der Waals surface area contributed by atoms with Gasteiger partial charge in [0.25, 0.3) is 15.9 Å². The van der Waals surface area contributed by atoms with Gasteiger partial charge in [-0.1, -0.05) is 18.2 Å². The van der Waals surface area contributed by atoms with Crippen LogP contribution in [0.5, 0.6) is 11.5 Å². The van der Waals surface area contributed by atoms with Crippen molar-refractivity contribution in [3.8, 4) is 11.5 Å². The maximum absolute atomic E-state index is 13.1. The highest BCUT2D eigenvalue weighted by Gasteiger charge is 2.23. The van der Waals surface area contributed by atoms with Crippen LogP contribution < -0.4 is 19.1 Å². The van der Waals surface area contributed by atoms with E-state index in [-0.39, 0.29) is 17.3 Å². The Labute approximate surface area is 174 Å². The predicted molar refractivity (Wildman–Crippen MR) is 114 cm³/mol. The monoisotopic (exact) mass is 424 g/mol. The third-order valence-corrected chi connectivity index (χ3v) is 6.53. The number of ether oxygens (including phenoxy) is 2. The lowest BCUT2D eigenvalue weighted by molar-refractivity contribution is 0.102. The van der Waals surface area contributed by atoms with Crippen molar-refractivity contribution in [2.75, 3.05) is 23.5 Å². The van der Waals surface area contributed by atoms with Gasteiger partial charge in [-0.2, -0.15) is 0 Å². The van der Waals surface area contributed by atoms with Gasteiger partial charge in [0.1, 0.15) is 0 Å². The van der Waals surface area contributed by atoms with E-state index >= 15 is 0 Å². The van der Waals surface area contributed by atoms with Crippen molar-refractivity contribution in [1.82, 2.24) is 0 Å². The lowest BCUT2D eigenvalue weighted by Gasteiger charge is -2.20. The fraction of sp³-hybridized carbons (Fsp3) is 0.136. The maximum atomic E-state index is 13.1. The molecular weight excluding hydrogens is 404 g/mol. The highest BCUT2D eigenvalue weighted by Crippen LogP contribution is 2.34. The van der Waals surface area contributed by atoms with Crippen LogP contribution in [0.15, 0.2) is 71.6 Å². The average Bonchev–Trinajstić information content (AvgIpc) is 3.21. The minimum atomic E-state index is -3.83. The summed E-state index contributed by atoms with van der Waals surface area (Å²) in [4.78, 5) is 12.7. The molecule has 0 saturated heterocycles. The first-order valence-electron chi connectivity index (χ1n) is 9.21. The first kappa shape index (κ1) is 19.8. The molecule has 8 heteroatoms. The Morgan fingerprint density at radius 3 is 2.53 bits per heavy atom. The zero-order valence-electron chi connectivity index (χ0n) is 16.5. The molecule has 1 N–H and O–H groups in total. The fourth-order valence-corrected chi connectivity index (χ4v) is 4.33. The summed E-state index contributed by atoms with van der Waals surface area (Å²) in [6, 6.07) is 18.2. The van der Waals surface area contributed by atoms with Crippen LogP contribution in [0.2, 0.25) is 0 Å². The second kappa shape index (κ2) is 7.72. The molecule has 0 saturated carbocycles. The normalized spacial score (nSPS) is 12.5. The van der Waals surface area contributed by atoms with Crippen molar-refractivity contribution >= 4 is 27.3 Å². The smallest absolute Gasteiger partial charge is 0.264 e. The number of hydrogen-bond acceptors (Lipinski definition) is 5. The highest BCUT2D eigenvalue weighted by molar-refractivity contribution is 7.92. The third-order valence-electron chi connectivity index (χ3n) is 4.75. The van der Waals surface area contributed by atoms with Crippen molar-refractivity contribution in [3.05, 3.63) is 77.9 Å². The molecule has 1 aliphatic rings. The molecule has 0 radical (unpaired) electrons. The van der Waals surface area contributed by atoms with Crippen LogP contribution in [0.25, 0.3) is 0 Å². The summed E-state index contributed by atoms with van der Waals surface area (Å²) >= 11 is 0. The van der Waals surface area contributed by atoms with E-state index in [1.165, 1.54) is 23.5 Å². The molecule has 0 spiro atoms. The molecular formula is C22H20N2O5S. The van der Waals surface area contributed by atoms with E-state index in [0.29, 0.717) is 22.9 Å². The van der Waals surface area contributed by atoms with Crippen molar-refractivity contribution in [2.45, 2.75) is 11.8 Å². The third kappa shape index (κ3) is 3.81. The van der Waals surface area contributed by atoms with Gasteiger partial charge in [0.05, 0.1) is 10.6 Å². The lowest BCUT2D eigenvalue weighted by Crippen LogP contribution is -2.27. The number of hydrogen-bond donors (Lipinski definition) is 1. The standard InChI is InChI=1S/C22H20N2O5S/c1-15-5-3-7-18(11-15)24(2)30(26,27)19-8-4-6-16(12-19)22(25)23-17-9-10-20-21(13-17)29-14-28-20/h3-13H,14H2,1-2H3,(H,23,25). The van der Waals surface area contributed by atoms with Gasteiger partial charge in [-0.3, -0.25) is 9.10 Å². The van der Waals surface area contributed by atoms with E-state index in [9.17, 15) is 13.2 Å². The molecule has 3 aromatic rings. The van der Waals surface area contributed by atoms with Gasteiger partial charge in [-0.05, 0) is 55.0 Å². The van der Waals surface area contributed by atoms with Crippen LogP contribution in [0.4, 0.5) is 11.4 Å². The number of anilines is 2. The van der Waals surface area contributed by atoms with E-state index in [4.69, 9.17) is 9.47 Å². The molecule has 0 atom stereocenters. The van der Waals surface area contributed by atoms with Crippen LogP contribution in [-0.4, -0.2) is 28.2 Å². The van der Waals surface area contributed by atoms with Gasteiger partial charge >= 0.3 is 0 Å². The largest absolute Gasteiger partial charge is 0.454 e. The second-order valence-corrected chi connectivity index (χ2v) is 8.83. The Kier molecular flexibility index (Phi) is 5.09. The van der Waals surface area contributed by atoms with E-state index in [1.807, 2.05) is 13.0 Å². The Morgan fingerprint density at radius 2 is 1.73 bits per heavy atom. The molecule has 3 aromatic carbocycles. The Hall–Kier alpha value is -3.52. The second-order valence-electron chi connectivity index (χ2n) is 6.86. The minimum Gasteiger partial charge on any atom is -0.454 e. The van der Waals surface area contributed by atoms with E-state index in [1.54, 1.807) is 48.5 Å². The number of nitrogens with zero attached hydrogens (tertiary/aromatic N) is 1. The number of fused-ring (bicyclic) bond motifs is 1. The lowest BCUT2D eigenvalue weighted by atomic mass is 10.2. The first-order chi connectivity index (χ1) is 14.3. The Morgan fingerprint density at radius 1 is 0.967 bits per heavy atom. The first-order valence-corrected chi connectivity index (χ1v) is 10.7. The Bertz CT molecular complexity index is 1220. The van der Waals surface area contributed by atoms with Gasteiger partial charge in [-0.15, -0.1) is 0 Å². The summed E-state index contributed by atoms with van der Waals surface area (Å²) in [7, 11) is -2.34. The molecule has 154 valence electrons. The van der Waals surface area contributed by atoms with E-state index in [0.717, 1.165) is 5.56 Å². The van der Waals surface area contributed by atoms with Crippen molar-refractivity contribution in [1.29, 1.82) is 0 Å². The zero-order chi connectivity index (χ0) is 21.3. The number of sulfonamides is 1. The molecule has 1 heterocycles. The summed E-state index contributed by atoms with van der Waals surface area (Å²) in [5.74, 6) is 0.730. The van der Waals surface area contributed by atoms with Crippen LogP contribution in [-0.2, 0) is 10.0 Å². The number of rotatable bonds is 5. The molecule has 30 heavy (non-hydrogen) atoms. The topological polar surface area (TPSA) is 84.9 Å². The number of aryl methyl sites for hydroxylation is 1.